The lowest BCUT2D eigenvalue weighted by atomic mass is 9.83. The molecule has 0 N–H and O–H groups in total. The molecule has 26 heavy (non-hydrogen) atoms. The summed E-state index contributed by atoms with van der Waals surface area (Å²) in [6, 6.07) is 2.24. The number of rotatable bonds is 8. The molecule has 2 saturated heterocycles. The Morgan fingerprint density at radius 3 is 2.62 bits per heavy atom. The highest BCUT2D eigenvalue weighted by molar-refractivity contribution is 5.00. The van der Waals surface area contributed by atoms with Gasteiger partial charge in [0.15, 0.2) is 5.79 Å². The first kappa shape index (κ1) is 20.1. The summed E-state index contributed by atoms with van der Waals surface area (Å²) in [6.07, 6.45) is 12.5. The van der Waals surface area contributed by atoms with Gasteiger partial charge >= 0.3 is 0 Å². The van der Waals surface area contributed by atoms with Crippen molar-refractivity contribution in [2.24, 2.45) is 0 Å². The Bertz CT molecular complexity index is 485. The van der Waals surface area contributed by atoms with Gasteiger partial charge in [-0.2, -0.15) is 5.26 Å². The van der Waals surface area contributed by atoms with Crippen LogP contribution in [-0.4, -0.2) is 43.4 Å². The van der Waals surface area contributed by atoms with Crippen LogP contribution < -0.4 is 0 Å². The van der Waals surface area contributed by atoms with E-state index in [0.29, 0.717) is 13.0 Å². The molecular weight excluding hydrogens is 330 g/mol. The summed E-state index contributed by atoms with van der Waals surface area (Å²) in [5.41, 5.74) is -0.160. The highest BCUT2D eigenvalue weighted by Gasteiger charge is 2.51. The number of nitrogens with zero attached hydrogens (tertiary/aromatic N) is 1. The van der Waals surface area contributed by atoms with Crippen LogP contribution in [0.25, 0.3) is 0 Å². The predicted molar refractivity (Wildman–Crippen MR) is 98.6 cm³/mol. The maximum absolute atomic E-state index is 8.84. The van der Waals surface area contributed by atoms with E-state index in [-0.39, 0.29) is 29.7 Å². The lowest BCUT2D eigenvalue weighted by Gasteiger charge is -2.41. The first-order valence-corrected chi connectivity index (χ1v) is 10.5. The maximum Gasteiger partial charge on any atom is 0.167 e. The first-order chi connectivity index (χ1) is 12.7. The first-order valence-electron chi connectivity index (χ1n) is 10.5. The van der Waals surface area contributed by atoms with Crippen LogP contribution in [0.1, 0.15) is 84.0 Å². The Kier molecular flexibility index (Phi) is 6.96. The SMILES string of the molecule is CCC12C[C@H](CCOC3(OC)CCCCC3)OC1CC[C@H](CCC#N)O2. The number of methoxy groups -OCH3 is 1. The average Bonchev–Trinajstić information content (AvgIpc) is 3.05. The van der Waals surface area contributed by atoms with E-state index >= 15 is 0 Å². The Morgan fingerprint density at radius 1 is 1.12 bits per heavy atom. The van der Waals surface area contributed by atoms with E-state index in [1.165, 1.54) is 19.3 Å². The average molecular weight is 366 g/mol. The summed E-state index contributed by atoms with van der Waals surface area (Å²) >= 11 is 0. The molecule has 2 heterocycles. The van der Waals surface area contributed by atoms with Crippen LogP contribution in [-0.2, 0) is 18.9 Å². The van der Waals surface area contributed by atoms with Crippen molar-refractivity contribution in [2.45, 2.75) is 114 Å². The number of ether oxygens (including phenoxy) is 4. The minimum Gasteiger partial charge on any atom is -0.372 e. The van der Waals surface area contributed by atoms with Crippen molar-refractivity contribution in [3.63, 3.8) is 0 Å². The van der Waals surface area contributed by atoms with Crippen molar-refractivity contribution in [3.8, 4) is 6.07 Å². The van der Waals surface area contributed by atoms with Crippen molar-refractivity contribution in [1.29, 1.82) is 5.26 Å². The molecule has 148 valence electrons. The smallest absolute Gasteiger partial charge is 0.167 e. The van der Waals surface area contributed by atoms with E-state index in [9.17, 15) is 0 Å². The second kappa shape index (κ2) is 9.01. The van der Waals surface area contributed by atoms with Gasteiger partial charge in [-0.3, -0.25) is 0 Å². The van der Waals surface area contributed by atoms with E-state index < -0.39 is 0 Å². The van der Waals surface area contributed by atoms with Crippen LogP contribution in [0.4, 0.5) is 0 Å². The zero-order valence-electron chi connectivity index (χ0n) is 16.5. The van der Waals surface area contributed by atoms with Gasteiger partial charge in [0.05, 0.1) is 36.6 Å². The Morgan fingerprint density at radius 2 is 1.92 bits per heavy atom. The summed E-state index contributed by atoms with van der Waals surface area (Å²) in [6.45, 7) is 2.88. The lowest BCUT2D eigenvalue weighted by Crippen LogP contribution is -2.47. The largest absolute Gasteiger partial charge is 0.372 e. The molecule has 3 rings (SSSR count). The van der Waals surface area contributed by atoms with Gasteiger partial charge in [0.25, 0.3) is 0 Å². The van der Waals surface area contributed by atoms with Crippen LogP contribution in [0.5, 0.6) is 0 Å². The minimum atomic E-state index is -0.370. The lowest BCUT2D eigenvalue weighted by molar-refractivity contribution is -0.240. The topological polar surface area (TPSA) is 60.7 Å². The van der Waals surface area contributed by atoms with E-state index in [2.05, 4.69) is 13.0 Å². The molecule has 0 amide bonds. The van der Waals surface area contributed by atoms with Crippen molar-refractivity contribution >= 4 is 0 Å². The molecule has 0 bridgehead atoms. The summed E-state index contributed by atoms with van der Waals surface area (Å²) in [7, 11) is 1.77. The van der Waals surface area contributed by atoms with Gasteiger partial charge in [0.1, 0.15) is 0 Å². The maximum atomic E-state index is 8.84. The molecule has 3 fully saturated rings. The highest BCUT2D eigenvalue weighted by atomic mass is 16.7. The van der Waals surface area contributed by atoms with Gasteiger partial charge in [-0.1, -0.05) is 13.3 Å². The van der Waals surface area contributed by atoms with Crippen LogP contribution in [0.3, 0.4) is 0 Å². The van der Waals surface area contributed by atoms with E-state index in [1.54, 1.807) is 7.11 Å². The Hall–Kier alpha value is -0.670. The molecule has 0 aromatic carbocycles. The van der Waals surface area contributed by atoms with Crippen molar-refractivity contribution in [2.75, 3.05) is 13.7 Å². The van der Waals surface area contributed by atoms with Gasteiger partial charge in [-0.25, -0.2) is 0 Å². The molecule has 0 aromatic rings. The monoisotopic (exact) mass is 365 g/mol. The molecule has 1 aliphatic carbocycles. The molecule has 2 unspecified atom stereocenters. The predicted octanol–water partition coefficient (Wildman–Crippen LogP) is 4.49. The Labute approximate surface area is 158 Å². The molecule has 3 aliphatic rings. The minimum absolute atomic E-state index is 0.160. The van der Waals surface area contributed by atoms with Crippen LogP contribution in [0.15, 0.2) is 0 Å². The van der Waals surface area contributed by atoms with Gasteiger partial charge in [-0.15, -0.1) is 0 Å². The molecule has 5 nitrogen and oxygen atoms in total. The number of nitriles is 1. The molecular formula is C21H35NO4. The molecule has 0 aromatic heterocycles. The third-order valence-corrected chi connectivity index (χ3v) is 6.64. The van der Waals surface area contributed by atoms with Crippen molar-refractivity contribution in [3.05, 3.63) is 0 Å². The fourth-order valence-corrected chi connectivity index (χ4v) is 5.03. The normalized spacial score (nSPS) is 36.4. The number of hydrogen-bond donors (Lipinski definition) is 0. The van der Waals surface area contributed by atoms with E-state index in [1.807, 2.05) is 0 Å². The summed E-state index contributed by atoms with van der Waals surface area (Å²) in [4.78, 5) is 0. The quantitative estimate of drug-likeness (QED) is 0.593. The van der Waals surface area contributed by atoms with Crippen LogP contribution in [0, 0.1) is 11.3 Å². The third-order valence-electron chi connectivity index (χ3n) is 6.64. The van der Waals surface area contributed by atoms with E-state index in [4.69, 9.17) is 24.2 Å². The molecule has 5 heteroatoms. The molecule has 2 aliphatic heterocycles. The molecule has 4 atom stereocenters. The zero-order chi connectivity index (χ0) is 18.5. The molecule has 0 radical (unpaired) electrons. The van der Waals surface area contributed by atoms with Crippen LogP contribution >= 0.6 is 0 Å². The van der Waals surface area contributed by atoms with E-state index in [0.717, 1.165) is 51.4 Å². The van der Waals surface area contributed by atoms with Crippen LogP contribution in [0.2, 0.25) is 0 Å². The fraction of sp³-hybridized carbons (Fsp3) is 0.952. The highest BCUT2D eigenvalue weighted by Crippen LogP contribution is 2.45. The second-order valence-corrected chi connectivity index (χ2v) is 8.20. The van der Waals surface area contributed by atoms with Gasteiger partial charge in [-0.05, 0) is 44.9 Å². The molecule has 0 spiro atoms. The van der Waals surface area contributed by atoms with Gasteiger partial charge < -0.3 is 18.9 Å². The summed E-state index contributed by atoms with van der Waals surface area (Å²) in [5, 5.41) is 8.84. The van der Waals surface area contributed by atoms with Crippen molar-refractivity contribution in [1.82, 2.24) is 0 Å². The van der Waals surface area contributed by atoms with Crippen molar-refractivity contribution < 1.29 is 18.9 Å². The number of fused-ring (bicyclic) bond motifs is 1. The fourth-order valence-electron chi connectivity index (χ4n) is 5.03. The third kappa shape index (κ3) is 4.42. The summed E-state index contributed by atoms with van der Waals surface area (Å²) in [5.74, 6) is -0.370. The number of hydrogen-bond acceptors (Lipinski definition) is 5. The summed E-state index contributed by atoms with van der Waals surface area (Å²) < 4.78 is 24.7. The Balaban J connectivity index is 1.49. The standard InChI is InChI=1S/C21H35NO4/c1-3-20-16-18(11-15-24-21(23-2)12-5-4-6-13-21)25-19(20)10-9-17(26-20)8-7-14-22/h17-19H,3-13,15-16H2,1-2H3/t17-,18-,19?,20?/m0/s1. The zero-order valence-corrected chi connectivity index (χ0v) is 16.5. The van der Waals surface area contributed by atoms with Gasteiger partial charge in [0, 0.05) is 32.8 Å². The molecule has 1 saturated carbocycles. The van der Waals surface area contributed by atoms with Gasteiger partial charge in [0.2, 0.25) is 0 Å². The second-order valence-electron chi connectivity index (χ2n) is 8.20.